The second kappa shape index (κ2) is 4.36. The van der Waals surface area contributed by atoms with Crippen LogP contribution in [-0.2, 0) is 6.42 Å². The van der Waals surface area contributed by atoms with Gasteiger partial charge in [0.15, 0.2) is 0 Å². The highest BCUT2D eigenvalue weighted by atomic mass is 16.3. The predicted molar refractivity (Wildman–Crippen MR) is 65.4 cm³/mol. The third kappa shape index (κ3) is 1.93. The van der Waals surface area contributed by atoms with Crippen LogP contribution >= 0.6 is 0 Å². The number of benzene rings is 1. The summed E-state index contributed by atoms with van der Waals surface area (Å²) in [7, 11) is 0. The van der Waals surface area contributed by atoms with Gasteiger partial charge in [-0.1, -0.05) is 6.92 Å². The monoisotopic (exact) mass is 206 g/mol. The lowest BCUT2D eigenvalue weighted by Gasteiger charge is -2.21. The van der Waals surface area contributed by atoms with Gasteiger partial charge in [0.05, 0.1) is 6.10 Å². The first-order valence-electron chi connectivity index (χ1n) is 5.68. The van der Waals surface area contributed by atoms with Crippen LogP contribution < -0.4 is 0 Å². The Morgan fingerprint density at radius 1 is 0.933 bits per heavy atom. The molecule has 1 nitrogen and oxygen atoms in total. The van der Waals surface area contributed by atoms with Crippen molar-refractivity contribution in [2.24, 2.45) is 0 Å². The molecule has 0 heterocycles. The standard InChI is InChI=1S/C14H22O/c1-7-13-9(3)8(2)10(4)14(11(13)5)12(6)15/h12,15H,7H2,1-6H3. The van der Waals surface area contributed by atoms with E-state index in [9.17, 15) is 5.11 Å². The molecular weight excluding hydrogens is 184 g/mol. The lowest BCUT2D eigenvalue weighted by Crippen LogP contribution is -2.07. The van der Waals surface area contributed by atoms with Gasteiger partial charge in [0.2, 0.25) is 0 Å². The van der Waals surface area contributed by atoms with Crippen LogP contribution in [0.5, 0.6) is 0 Å². The molecule has 84 valence electrons. The molecule has 0 aliphatic carbocycles. The Hall–Kier alpha value is -0.820. The van der Waals surface area contributed by atoms with Gasteiger partial charge in [-0.2, -0.15) is 0 Å². The van der Waals surface area contributed by atoms with Crippen molar-refractivity contribution >= 4 is 0 Å². The average Bonchev–Trinajstić information content (AvgIpc) is 2.15. The third-order valence-corrected chi connectivity index (χ3v) is 3.61. The minimum absolute atomic E-state index is 0.366. The van der Waals surface area contributed by atoms with Crippen molar-refractivity contribution in [3.63, 3.8) is 0 Å². The van der Waals surface area contributed by atoms with Crippen LogP contribution in [0.3, 0.4) is 0 Å². The van der Waals surface area contributed by atoms with Gasteiger partial charge in [0, 0.05) is 0 Å². The Morgan fingerprint density at radius 2 is 1.47 bits per heavy atom. The smallest absolute Gasteiger partial charge is 0.0767 e. The fourth-order valence-electron chi connectivity index (χ4n) is 2.59. The van der Waals surface area contributed by atoms with E-state index in [1.807, 2.05) is 6.92 Å². The topological polar surface area (TPSA) is 20.2 Å². The van der Waals surface area contributed by atoms with Crippen LogP contribution in [0.1, 0.15) is 53.3 Å². The van der Waals surface area contributed by atoms with E-state index >= 15 is 0 Å². The molecule has 1 aromatic carbocycles. The van der Waals surface area contributed by atoms with Crippen LogP contribution in [0.15, 0.2) is 0 Å². The Bertz CT molecular complexity index is 376. The fraction of sp³-hybridized carbons (Fsp3) is 0.571. The van der Waals surface area contributed by atoms with E-state index < -0.39 is 0 Å². The molecule has 0 saturated heterocycles. The summed E-state index contributed by atoms with van der Waals surface area (Å²) in [6.07, 6.45) is 0.674. The molecule has 0 aliphatic rings. The van der Waals surface area contributed by atoms with Gasteiger partial charge in [0.25, 0.3) is 0 Å². The molecule has 15 heavy (non-hydrogen) atoms. The minimum Gasteiger partial charge on any atom is -0.389 e. The zero-order valence-corrected chi connectivity index (χ0v) is 10.7. The quantitative estimate of drug-likeness (QED) is 0.784. The van der Waals surface area contributed by atoms with E-state index in [1.54, 1.807) is 0 Å². The first-order valence-corrected chi connectivity index (χ1v) is 5.68. The van der Waals surface area contributed by atoms with E-state index in [0.717, 1.165) is 12.0 Å². The van der Waals surface area contributed by atoms with Crippen LogP contribution in [-0.4, -0.2) is 5.11 Å². The molecule has 0 fully saturated rings. The largest absolute Gasteiger partial charge is 0.389 e. The molecule has 0 amide bonds. The molecule has 1 N–H and O–H groups in total. The third-order valence-electron chi connectivity index (χ3n) is 3.61. The Kier molecular flexibility index (Phi) is 3.56. The first-order chi connectivity index (χ1) is 6.91. The van der Waals surface area contributed by atoms with Crippen molar-refractivity contribution in [2.75, 3.05) is 0 Å². The summed E-state index contributed by atoms with van der Waals surface area (Å²) in [5.41, 5.74) is 7.75. The maximum absolute atomic E-state index is 9.82. The van der Waals surface area contributed by atoms with E-state index in [4.69, 9.17) is 0 Å². The highest BCUT2D eigenvalue weighted by molar-refractivity contribution is 5.50. The molecule has 1 rings (SSSR count). The number of rotatable bonds is 2. The summed E-state index contributed by atoms with van der Waals surface area (Å²) >= 11 is 0. The predicted octanol–water partition coefficient (Wildman–Crippen LogP) is 3.54. The minimum atomic E-state index is -0.366. The van der Waals surface area contributed by atoms with Gasteiger partial charge in [-0.3, -0.25) is 0 Å². The van der Waals surface area contributed by atoms with Gasteiger partial charge in [-0.05, 0) is 74.4 Å². The fourth-order valence-corrected chi connectivity index (χ4v) is 2.59. The second-order valence-corrected chi connectivity index (χ2v) is 4.42. The van der Waals surface area contributed by atoms with E-state index in [-0.39, 0.29) is 6.10 Å². The normalized spacial score (nSPS) is 13.0. The van der Waals surface area contributed by atoms with Gasteiger partial charge >= 0.3 is 0 Å². The molecule has 1 aromatic rings. The van der Waals surface area contributed by atoms with E-state index in [1.165, 1.54) is 27.8 Å². The van der Waals surface area contributed by atoms with Crippen LogP contribution in [0.25, 0.3) is 0 Å². The summed E-state index contributed by atoms with van der Waals surface area (Å²) in [6.45, 7) is 12.6. The number of hydrogen-bond acceptors (Lipinski definition) is 1. The van der Waals surface area contributed by atoms with Gasteiger partial charge in [-0.25, -0.2) is 0 Å². The van der Waals surface area contributed by atoms with Crippen molar-refractivity contribution in [1.82, 2.24) is 0 Å². The molecule has 0 bridgehead atoms. The maximum Gasteiger partial charge on any atom is 0.0767 e. The van der Waals surface area contributed by atoms with Gasteiger partial charge < -0.3 is 5.11 Å². The first kappa shape index (κ1) is 12.3. The van der Waals surface area contributed by atoms with Crippen LogP contribution in [0.2, 0.25) is 0 Å². The number of hydrogen-bond donors (Lipinski definition) is 1. The summed E-state index contributed by atoms with van der Waals surface area (Å²) in [5, 5.41) is 9.82. The number of aliphatic hydroxyl groups is 1. The van der Waals surface area contributed by atoms with Crippen LogP contribution in [0.4, 0.5) is 0 Å². The van der Waals surface area contributed by atoms with E-state index in [0.29, 0.717) is 0 Å². The molecule has 0 saturated carbocycles. The highest BCUT2D eigenvalue weighted by Gasteiger charge is 2.16. The summed E-state index contributed by atoms with van der Waals surface area (Å²) in [4.78, 5) is 0. The zero-order valence-electron chi connectivity index (χ0n) is 10.7. The van der Waals surface area contributed by atoms with E-state index in [2.05, 4.69) is 34.6 Å². The Labute approximate surface area is 93.1 Å². The van der Waals surface area contributed by atoms with Gasteiger partial charge in [-0.15, -0.1) is 0 Å². The highest BCUT2D eigenvalue weighted by Crippen LogP contribution is 2.30. The average molecular weight is 206 g/mol. The molecule has 0 aliphatic heterocycles. The second-order valence-electron chi connectivity index (χ2n) is 4.42. The molecule has 0 spiro atoms. The SMILES string of the molecule is CCc1c(C)c(C)c(C)c(C(C)O)c1C. The lowest BCUT2D eigenvalue weighted by molar-refractivity contribution is 0.197. The van der Waals surface area contributed by atoms with Crippen molar-refractivity contribution in [3.05, 3.63) is 33.4 Å². The molecule has 1 heteroatoms. The van der Waals surface area contributed by atoms with Crippen molar-refractivity contribution in [3.8, 4) is 0 Å². The Morgan fingerprint density at radius 3 is 1.87 bits per heavy atom. The zero-order chi connectivity index (χ0) is 11.7. The molecular formula is C14H22O. The van der Waals surface area contributed by atoms with Crippen molar-refractivity contribution in [1.29, 1.82) is 0 Å². The van der Waals surface area contributed by atoms with Crippen molar-refractivity contribution < 1.29 is 5.11 Å². The van der Waals surface area contributed by atoms with Gasteiger partial charge in [0.1, 0.15) is 0 Å². The summed E-state index contributed by atoms with van der Waals surface area (Å²) < 4.78 is 0. The molecule has 0 aromatic heterocycles. The summed E-state index contributed by atoms with van der Waals surface area (Å²) in [6, 6.07) is 0. The lowest BCUT2D eigenvalue weighted by atomic mass is 9.86. The van der Waals surface area contributed by atoms with Crippen LogP contribution in [0, 0.1) is 27.7 Å². The maximum atomic E-state index is 9.82. The molecule has 0 radical (unpaired) electrons. The summed E-state index contributed by atoms with van der Waals surface area (Å²) in [5.74, 6) is 0. The molecule has 1 atom stereocenters. The Balaban J connectivity index is 3.60. The van der Waals surface area contributed by atoms with Crippen molar-refractivity contribution in [2.45, 2.75) is 54.1 Å². The number of aliphatic hydroxyl groups excluding tert-OH is 1. The molecule has 1 unspecified atom stereocenters.